The van der Waals surface area contributed by atoms with Crippen LogP contribution in [0.15, 0.2) is 47.7 Å². The van der Waals surface area contributed by atoms with Crippen LogP contribution in [0.25, 0.3) is 0 Å². The molecule has 3 aromatic heterocycles. The third kappa shape index (κ3) is 3.57. The van der Waals surface area contributed by atoms with Crippen molar-refractivity contribution in [3.05, 3.63) is 70.2 Å². The van der Waals surface area contributed by atoms with Gasteiger partial charge in [-0.3, -0.25) is 14.6 Å². The van der Waals surface area contributed by atoms with Gasteiger partial charge in [0.15, 0.2) is 0 Å². The van der Waals surface area contributed by atoms with Gasteiger partial charge in [0.05, 0.1) is 12.2 Å². The van der Waals surface area contributed by atoms with Gasteiger partial charge in [0.1, 0.15) is 23.6 Å². The third-order valence-corrected chi connectivity index (χ3v) is 4.40. The Morgan fingerprint density at radius 2 is 2.04 bits per heavy atom. The minimum Gasteiger partial charge on any atom is -0.487 e. The summed E-state index contributed by atoms with van der Waals surface area (Å²) in [7, 11) is 0. The highest BCUT2D eigenvalue weighted by molar-refractivity contribution is 5.94. The maximum absolute atomic E-state index is 12.4. The summed E-state index contributed by atoms with van der Waals surface area (Å²) in [6.45, 7) is 3.05. The summed E-state index contributed by atoms with van der Waals surface area (Å²) in [6, 6.07) is 6.87. The molecular weight excluding hydrogens is 348 g/mol. The van der Waals surface area contributed by atoms with Gasteiger partial charge in [-0.1, -0.05) is 5.21 Å². The Balaban J connectivity index is 1.34. The summed E-state index contributed by atoms with van der Waals surface area (Å²) >= 11 is 0. The Hall–Kier alpha value is -3.49. The second-order valence-electron chi connectivity index (χ2n) is 6.41. The average molecular weight is 366 g/mol. The van der Waals surface area contributed by atoms with Crippen LogP contribution in [0.4, 0.5) is 0 Å². The summed E-state index contributed by atoms with van der Waals surface area (Å²) in [5.74, 6) is 0.442. The van der Waals surface area contributed by atoms with Crippen LogP contribution in [0.3, 0.4) is 0 Å². The predicted molar refractivity (Wildman–Crippen MR) is 95.3 cm³/mol. The lowest BCUT2D eigenvalue weighted by molar-refractivity contribution is 0.0496. The number of nitrogens with zero attached hydrogens (tertiary/aromatic N) is 5. The summed E-state index contributed by atoms with van der Waals surface area (Å²) in [5.41, 5.74) is 1.22. The Kier molecular flexibility index (Phi) is 4.41. The molecule has 0 aliphatic carbocycles. The molecule has 4 rings (SSSR count). The Bertz CT molecular complexity index is 1010. The first-order valence-electron chi connectivity index (χ1n) is 8.53. The maximum Gasteiger partial charge on any atom is 0.260 e. The topological polar surface area (TPSA) is 106 Å². The van der Waals surface area contributed by atoms with Crippen LogP contribution >= 0.6 is 0 Å². The predicted octanol–water partition coefficient (Wildman–Crippen LogP) is 0.946. The minimum absolute atomic E-state index is 0.0423. The normalized spacial score (nSPS) is 14.0. The molecule has 0 spiro atoms. The zero-order valence-electron chi connectivity index (χ0n) is 14.7. The smallest absolute Gasteiger partial charge is 0.260 e. The minimum atomic E-state index is -0.361. The lowest BCUT2D eigenvalue weighted by Crippen LogP contribution is -2.51. The van der Waals surface area contributed by atoms with Crippen LogP contribution in [0.1, 0.15) is 27.8 Å². The van der Waals surface area contributed by atoms with Gasteiger partial charge < -0.3 is 14.6 Å². The van der Waals surface area contributed by atoms with Crippen LogP contribution in [0, 0.1) is 6.92 Å². The van der Waals surface area contributed by atoms with Crippen LogP contribution in [0.2, 0.25) is 0 Å². The number of rotatable bonds is 5. The van der Waals surface area contributed by atoms with Crippen molar-refractivity contribution in [2.75, 3.05) is 13.1 Å². The van der Waals surface area contributed by atoms with E-state index in [9.17, 15) is 9.59 Å². The molecule has 0 bridgehead atoms. The van der Waals surface area contributed by atoms with E-state index in [4.69, 9.17) is 4.74 Å². The van der Waals surface area contributed by atoms with Crippen LogP contribution in [-0.2, 0) is 6.61 Å². The van der Waals surface area contributed by atoms with E-state index in [0.29, 0.717) is 31.1 Å². The van der Waals surface area contributed by atoms with Crippen molar-refractivity contribution in [2.24, 2.45) is 0 Å². The van der Waals surface area contributed by atoms with Crippen LogP contribution in [0.5, 0.6) is 5.75 Å². The molecule has 4 heterocycles. The lowest BCUT2D eigenvalue weighted by Gasteiger charge is -2.38. The van der Waals surface area contributed by atoms with Crippen molar-refractivity contribution in [1.82, 2.24) is 29.9 Å². The largest absolute Gasteiger partial charge is 0.487 e. The van der Waals surface area contributed by atoms with E-state index in [-0.39, 0.29) is 23.1 Å². The molecule has 0 aromatic carbocycles. The fourth-order valence-corrected chi connectivity index (χ4v) is 2.85. The number of hydrogen-bond donors (Lipinski definition) is 1. The van der Waals surface area contributed by atoms with Gasteiger partial charge in [0.2, 0.25) is 0 Å². The number of amides is 1. The summed E-state index contributed by atoms with van der Waals surface area (Å²) in [6.07, 6.45) is 5.13. The summed E-state index contributed by atoms with van der Waals surface area (Å²) < 4.78 is 7.35. The molecule has 0 saturated carbocycles. The van der Waals surface area contributed by atoms with E-state index >= 15 is 0 Å². The Morgan fingerprint density at radius 3 is 2.78 bits per heavy atom. The fourth-order valence-electron chi connectivity index (χ4n) is 2.85. The number of aryl methyl sites for hydroxylation is 1. The zero-order chi connectivity index (χ0) is 18.8. The molecule has 27 heavy (non-hydrogen) atoms. The van der Waals surface area contributed by atoms with Gasteiger partial charge >= 0.3 is 0 Å². The number of nitrogens with one attached hydrogen (secondary N) is 1. The van der Waals surface area contributed by atoms with Gasteiger partial charge in [0.25, 0.3) is 11.5 Å². The molecule has 1 fully saturated rings. The highest BCUT2D eigenvalue weighted by atomic mass is 16.5. The van der Waals surface area contributed by atoms with E-state index in [1.165, 1.54) is 0 Å². The first-order valence-corrected chi connectivity index (χ1v) is 8.53. The number of pyridine rings is 2. The molecule has 0 atom stereocenters. The molecule has 1 aliphatic rings. The number of H-pyrrole nitrogens is 1. The van der Waals surface area contributed by atoms with Gasteiger partial charge in [-0.25, -0.2) is 4.68 Å². The number of carbonyl (C=O) groups is 1. The van der Waals surface area contributed by atoms with Gasteiger partial charge in [0, 0.05) is 31.2 Å². The molecule has 0 radical (unpaired) electrons. The molecule has 1 saturated heterocycles. The van der Waals surface area contributed by atoms with Crippen molar-refractivity contribution >= 4 is 5.91 Å². The second kappa shape index (κ2) is 7.02. The molecule has 138 valence electrons. The Morgan fingerprint density at radius 1 is 1.26 bits per heavy atom. The molecule has 1 N–H and O–H groups in total. The third-order valence-electron chi connectivity index (χ3n) is 4.40. The zero-order valence-corrected chi connectivity index (χ0v) is 14.7. The van der Waals surface area contributed by atoms with Crippen molar-refractivity contribution in [3.8, 4) is 5.75 Å². The number of likely N-dealkylation sites (tertiary alicyclic amines) is 1. The molecule has 0 unspecified atom stereocenters. The lowest BCUT2D eigenvalue weighted by atomic mass is 10.1. The standard InChI is InChI=1S/C18H18N6O3/c1-12-2-3-16(17(25)20-12)18(26)23-9-14(10-23)24-8-13(21-22-24)11-27-15-4-6-19-7-5-15/h2-8,14H,9-11H2,1H3,(H,20,25). The molecule has 9 nitrogen and oxygen atoms in total. The van der Waals surface area contributed by atoms with E-state index < -0.39 is 0 Å². The highest BCUT2D eigenvalue weighted by Gasteiger charge is 2.34. The van der Waals surface area contributed by atoms with Gasteiger partial charge in [-0.15, -0.1) is 5.10 Å². The monoisotopic (exact) mass is 366 g/mol. The van der Waals surface area contributed by atoms with Gasteiger partial charge in [-0.2, -0.15) is 0 Å². The molecule has 1 aliphatic heterocycles. The summed E-state index contributed by atoms with van der Waals surface area (Å²) in [4.78, 5) is 32.6. The Labute approximate surface area is 154 Å². The highest BCUT2D eigenvalue weighted by Crippen LogP contribution is 2.22. The quantitative estimate of drug-likeness (QED) is 0.720. The first-order chi connectivity index (χ1) is 13.1. The number of carbonyl (C=O) groups excluding carboxylic acids is 1. The molecular formula is C18H18N6O3. The van der Waals surface area contributed by atoms with Gasteiger partial charge in [-0.05, 0) is 31.2 Å². The van der Waals surface area contributed by atoms with Crippen molar-refractivity contribution < 1.29 is 9.53 Å². The van der Waals surface area contributed by atoms with E-state index in [0.717, 1.165) is 5.69 Å². The molecule has 9 heteroatoms. The van der Waals surface area contributed by atoms with E-state index in [1.807, 2.05) is 6.20 Å². The fraction of sp³-hybridized carbons (Fsp3) is 0.278. The number of ether oxygens (including phenoxy) is 1. The SMILES string of the molecule is Cc1ccc(C(=O)N2CC(n3cc(COc4ccncc4)nn3)C2)c(=O)[nH]1. The number of aromatic amines is 1. The van der Waals surface area contributed by atoms with Crippen molar-refractivity contribution in [1.29, 1.82) is 0 Å². The first kappa shape index (κ1) is 17.0. The average Bonchev–Trinajstić information content (AvgIpc) is 3.08. The van der Waals surface area contributed by atoms with Crippen LogP contribution in [-0.4, -0.2) is 48.9 Å². The molecule has 1 amide bonds. The number of aromatic nitrogens is 5. The van der Waals surface area contributed by atoms with Crippen molar-refractivity contribution in [3.63, 3.8) is 0 Å². The van der Waals surface area contributed by atoms with E-state index in [1.54, 1.807) is 53.2 Å². The van der Waals surface area contributed by atoms with Crippen molar-refractivity contribution in [2.45, 2.75) is 19.6 Å². The summed E-state index contributed by atoms with van der Waals surface area (Å²) in [5, 5.41) is 8.21. The maximum atomic E-state index is 12.4. The van der Waals surface area contributed by atoms with Crippen LogP contribution < -0.4 is 10.3 Å². The van der Waals surface area contributed by atoms with E-state index in [2.05, 4.69) is 20.3 Å². The second-order valence-corrected chi connectivity index (χ2v) is 6.41. The molecule has 3 aromatic rings. The number of hydrogen-bond acceptors (Lipinski definition) is 6.